The van der Waals surface area contributed by atoms with E-state index in [0.29, 0.717) is 18.5 Å². The monoisotopic (exact) mass is 243 g/mol. The summed E-state index contributed by atoms with van der Waals surface area (Å²) in [6.45, 7) is 7.00. The second-order valence-electron chi connectivity index (χ2n) is 5.18. The average Bonchev–Trinajstić information content (AvgIpc) is 2.85. The van der Waals surface area contributed by atoms with Crippen LogP contribution in [0.25, 0.3) is 0 Å². The van der Waals surface area contributed by atoms with E-state index in [1.54, 1.807) is 0 Å². The molecule has 1 heterocycles. The van der Waals surface area contributed by atoms with Gasteiger partial charge in [0.2, 0.25) is 0 Å². The summed E-state index contributed by atoms with van der Waals surface area (Å²) in [7, 11) is 0. The Bertz CT molecular complexity index is 434. The van der Waals surface area contributed by atoms with Gasteiger partial charge in [0.05, 0.1) is 12.6 Å². The molecule has 1 N–H and O–H groups in total. The maximum absolute atomic E-state index is 8.60. The van der Waals surface area contributed by atoms with E-state index in [1.807, 2.05) is 0 Å². The predicted molar refractivity (Wildman–Crippen MR) is 74.8 cm³/mol. The Morgan fingerprint density at radius 1 is 1.44 bits per heavy atom. The van der Waals surface area contributed by atoms with Crippen LogP contribution < -0.4 is 10.2 Å². The number of anilines is 1. The van der Waals surface area contributed by atoms with Gasteiger partial charge in [-0.2, -0.15) is 5.26 Å². The Hall–Kier alpha value is -1.53. The SMILES string of the molecule is CC(C)c1ccccc1N1CCC(NCC#N)C1. The lowest BCUT2D eigenvalue weighted by molar-refractivity contribution is 0.591. The molecular formula is C15H21N3. The van der Waals surface area contributed by atoms with Crippen LogP contribution in [-0.2, 0) is 0 Å². The molecule has 1 fully saturated rings. The van der Waals surface area contributed by atoms with Crippen molar-refractivity contribution in [2.45, 2.75) is 32.2 Å². The van der Waals surface area contributed by atoms with Crippen LogP contribution in [0.5, 0.6) is 0 Å². The molecule has 0 saturated carbocycles. The average molecular weight is 243 g/mol. The van der Waals surface area contributed by atoms with Gasteiger partial charge in [0.25, 0.3) is 0 Å². The van der Waals surface area contributed by atoms with E-state index in [1.165, 1.54) is 11.3 Å². The van der Waals surface area contributed by atoms with E-state index in [-0.39, 0.29) is 0 Å². The molecular weight excluding hydrogens is 222 g/mol. The molecule has 0 spiro atoms. The molecule has 18 heavy (non-hydrogen) atoms. The molecule has 0 radical (unpaired) electrons. The minimum atomic E-state index is 0.449. The first kappa shape index (κ1) is 12.9. The number of rotatable bonds is 4. The Morgan fingerprint density at radius 2 is 2.22 bits per heavy atom. The third-order valence-electron chi connectivity index (χ3n) is 3.56. The van der Waals surface area contributed by atoms with Gasteiger partial charge in [-0.1, -0.05) is 32.0 Å². The first-order chi connectivity index (χ1) is 8.72. The summed E-state index contributed by atoms with van der Waals surface area (Å²) in [4.78, 5) is 2.43. The molecule has 1 aliphatic rings. The van der Waals surface area contributed by atoms with Crippen LogP contribution >= 0.6 is 0 Å². The lowest BCUT2D eigenvalue weighted by atomic mass is 10.0. The molecule has 0 bridgehead atoms. The zero-order valence-electron chi connectivity index (χ0n) is 11.2. The summed E-state index contributed by atoms with van der Waals surface area (Å²) in [5.41, 5.74) is 2.77. The van der Waals surface area contributed by atoms with E-state index < -0.39 is 0 Å². The molecule has 1 aromatic carbocycles. The van der Waals surface area contributed by atoms with Gasteiger partial charge in [0.15, 0.2) is 0 Å². The number of para-hydroxylation sites is 1. The smallest absolute Gasteiger partial charge is 0.0843 e. The lowest BCUT2D eigenvalue weighted by Gasteiger charge is -2.23. The van der Waals surface area contributed by atoms with Gasteiger partial charge in [-0.15, -0.1) is 0 Å². The summed E-state index contributed by atoms with van der Waals surface area (Å²) in [5.74, 6) is 0.548. The number of nitriles is 1. The molecule has 0 amide bonds. The van der Waals surface area contributed by atoms with Gasteiger partial charge >= 0.3 is 0 Å². The molecule has 1 aliphatic heterocycles. The summed E-state index contributed by atoms with van der Waals surface area (Å²) in [6.07, 6.45) is 1.12. The van der Waals surface area contributed by atoms with Crippen molar-refractivity contribution in [3.8, 4) is 6.07 Å². The summed E-state index contributed by atoms with van der Waals surface area (Å²) >= 11 is 0. The van der Waals surface area contributed by atoms with Crippen LogP contribution in [0.2, 0.25) is 0 Å². The molecule has 0 aromatic heterocycles. The van der Waals surface area contributed by atoms with E-state index >= 15 is 0 Å². The molecule has 1 atom stereocenters. The standard InChI is InChI=1S/C15H21N3/c1-12(2)14-5-3-4-6-15(14)18-10-7-13(11-18)17-9-8-16/h3-6,12-13,17H,7,9-11H2,1-2H3. The van der Waals surface area contributed by atoms with Crippen molar-refractivity contribution in [2.75, 3.05) is 24.5 Å². The largest absolute Gasteiger partial charge is 0.370 e. The highest BCUT2D eigenvalue weighted by molar-refractivity contribution is 5.55. The highest BCUT2D eigenvalue weighted by Gasteiger charge is 2.23. The molecule has 1 saturated heterocycles. The Labute approximate surface area is 109 Å². The van der Waals surface area contributed by atoms with Crippen LogP contribution in [0, 0.1) is 11.3 Å². The van der Waals surface area contributed by atoms with Gasteiger partial charge in [0.1, 0.15) is 0 Å². The van der Waals surface area contributed by atoms with Crippen molar-refractivity contribution in [3.63, 3.8) is 0 Å². The maximum Gasteiger partial charge on any atom is 0.0843 e. The number of hydrogen-bond donors (Lipinski definition) is 1. The third kappa shape index (κ3) is 2.83. The minimum absolute atomic E-state index is 0.449. The Morgan fingerprint density at radius 3 is 2.94 bits per heavy atom. The predicted octanol–water partition coefficient (Wildman–Crippen LogP) is 2.50. The number of nitrogens with zero attached hydrogens (tertiary/aromatic N) is 2. The maximum atomic E-state index is 8.60. The normalized spacial score (nSPS) is 19.2. The second-order valence-corrected chi connectivity index (χ2v) is 5.18. The van der Waals surface area contributed by atoms with Crippen LogP contribution in [0.4, 0.5) is 5.69 Å². The van der Waals surface area contributed by atoms with Crippen LogP contribution in [-0.4, -0.2) is 25.7 Å². The molecule has 96 valence electrons. The van der Waals surface area contributed by atoms with Gasteiger partial charge in [0, 0.05) is 24.8 Å². The fourth-order valence-corrected chi connectivity index (χ4v) is 2.60. The molecule has 0 aliphatic carbocycles. The minimum Gasteiger partial charge on any atom is -0.370 e. The van der Waals surface area contributed by atoms with Gasteiger partial charge in [-0.3, -0.25) is 5.32 Å². The zero-order valence-corrected chi connectivity index (χ0v) is 11.2. The summed E-state index contributed by atoms with van der Waals surface area (Å²) < 4.78 is 0. The van der Waals surface area contributed by atoms with Crippen molar-refractivity contribution in [1.29, 1.82) is 5.26 Å². The van der Waals surface area contributed by atoms with Crippen LogP contribution in [0.15, 0.2) is 24.3 Å². The van der Waals surface area contributed by atoms with Crippen molar-refractivity contribution in [2.24, 2.45) is 0 Å². The van der Waals surface area contributed by atoms with Gasteiger partial charge in [-0.05, 0) is 24.0 Å². The number of benzene rings is 1. The molecule has 2 rings (SSSR count). The first-order valence-electron chi connectivity index (χ1n) is 6.66. The van der Waals surface area contributed by atoms with Crippen molar-refractivity contribution < 1.29 is 0 Å². The summed E-state index contributed by atoms with van der Waals surface area (Å²) in [5, 5.41) is 11.9. The first-order valence-corrected chi connectivity index (χ1v) is 6.66. The highest BCUT2D eigenvalue weighted by atomic mass is 15.2. The molecule has 1 unspecified atom stereocenters. The summed E-state index contributed by atoms with van der Waals surface area (Å²) in [6, 6.07) is 11.2. The number of nitrogens with one attached hydrogen (secondary N) is 1. The number of hydrogen-bond acceptors (Lipinski definition) is 3. The molecule has 3 heteroatoms. The van der Waals surface area contributed by atoms with E-state index in [2.05, 4.69) is 54.4 Å². The van der Waals surface area contributed by atoms with Crippen molar-refractivity contribution in [3.05, 3.63) is 29.8 Å². The quantitative estimate of drug-likeness (QED) is 0.826. The van der Waals surface area contributed by atoms with E-state index in [9.17, 15) is 0 Å². The van der Waals surface area contributed by atoms with E-state index in [4.69, 9.17) is 5.26 Å². The fourth-order valence-electron chi connectivity index (χ4n) is 2.60. The lowest BCUT2D eigenvalue weighted by Crippen LogP contribution is -2.32. The molecule has 3 nitrogen and oxygen atoms in total. The van der Waals surface area contributed by atoms with Gasteiger partial charge in [-0.25, -0.2) is 0 Å². The highest BCUT2D eigenvalue weighted by Crippen LogP contribution is 2.29. The topological polar surface area (TPSA) is 39.1 Å². The van der Waals surface area contributed by atoms with Crippen LogP contribution in [0.1, 0.15) is 31.7 Å². The van der Waals surface area contributed by atoms with E-state index in [0.717, 1.165) is 19.5 Å². The van der Waals surface area contributed by atoms with Crippen molar-refractivity contribution in [1.82, 2.24) is 5.32 Å². The third-order valence-corrected chi connectivity index (χ3v) is 3.56. The Balaban J connectivity index is 2.07. The Kier molecular flexibility index (Phi) is 4.22. The fraction of sp³-hybridized carbons (Fsp3) is 0.533. The second kappa shape index (κ2) is 5.88. The van der Waals surface area contributed by atoms with Crippen molar-refractivity contribution >= 4 is 5.69 Å². The molecule has 1 aromatic rings. The zero-order chi connectivity index (χ0) is 13.0. The van der Waals surface area contributed by atoms with Crippen LogP contribution in [0.3, 0.4) is 0 Å². The van der Waals surface area contributed by atoms with Gasteiger partial charge < -0.3 is 4.90 Å².